The zero-order chi connectivity index (χ0) is 24.7. The van der Waals surface area contributed by atoms with Crippen LogP contribution in [0, 0.1) is 6.92 Å². The van der Waals surface area contributed by atoms with Crippen LogP contribution in [0.25, 0.3) is 10.9 Å². The van der Waals surface area contributed by atoms with Gasteiger partial charge in [0.05, 0.1) is 5.52 Å². The van der Waals surface area contributed by atoms with Gasteiger partial charge in [-0.1, -0.05) is 48.5 Å². The Balaban J connectivity index is 1.10. The molecule has 1 N–H and O–H groups in total. The molecule has 0 unspecified atom stereocenters. The number of pyridine rings is 1. The molecule has 0 atom stereocenters. The molecule has 6 nitrogen and oxygen atoms in total. The molecular weight excluding hydrogens is 448 g/mol. The molecule has 1 aliphatic heterocycles. The molecule has 1 saturated heterocycles. The largest absolute Gasteiger partial charge is 0.444 e. The van der Waals surface area contributed by atoms with Crippen LogP contribution in [0.4, 0.5) is 16.2 Å². The number of hydrogen-bond acceptors (Lipinski definition) is 5. The Morgan fingerprint density at radius 1 is 0.889 bits per heavy atom. The maximum absolute atomic E-state index is 12.2. The average molecular weight is 481 g/mol. The molecule has 1 aliphatic rings. The van der Waals surface area contributed by atoms with Gasteiger partial charge in [-0.2, -0.15) is 0 Å². The summed E-state index contributed by atoms with van der Waals surface area (Å²) in [4.78, 5) is 21.9. The fourth-order valence-electron chi connectivity index (χ4n) is 4.70. The average Bonchev–Trinajstić information content (AvgIpc) is 2.91. The predicted octanol–water partition coefficient (Wildman–Crippen LogP) is 5.66. The fourth-order valence-corrected chi connectivity index (χ4v) is 4.70. The van der Waals surface area contributed by atoms with E-state index < -0.39 is 6.09 Å². The van der Waals surface area contributed by atoms with Crippen LogP contribution in [-0.2, 0) is 17.8 Å². The fraction of sp³-hybridized carbons (Fsp3) is 0.267. The van der Waals surface area contributed by atoms with E-state index in [0.717, 1.165) is 61.6 Å². The van der Waals surface area contributed by atoms with Gasteiger partial charge in [-0.3, -0.25) is 15.2 Å². The molecule has 4 aromatic rings. The van der Waals surface area contributed by atoms with Crippen molar-refractivity contribution in [3.05, 3.63) is 102 Å². The Hall–Kier alpha value is -3.90. The topological polar surface area (TPSA) is 57.7 Å². The minimum absolute atomic E-state index is 0.257. The number of ether oxygens (including phenoxy) is 1. The summed E-state index contributed by atoms with van der Waals surface area (Å²) in [5.41, 5.74) is 6.32. The Kier molecular flexibility index (Phi) is 7.43. The van der Waals surface area contributed by atoms with Crippen molar-refractivity contribution in [3.8, 4) is 0 Å². The number of benzene rings is 3. The maximum Gasteiger partial charge on any atom is 0.411 e. The van der Waals surface area contributed by atoms with Crippen LogP contribution < -0.4 is 10.2 Å². The van der Waals surface area contributed by atoms with Gasteiger partial charge in [0.1, 0.15) is 6.61 Å². The summed E-state index contributed by atoms with van der Waals surface area (Å²) in [6.45, 7) is 7.34. The van der Waals surface area contributed by atoms with E-state index in [4.69, 9.17) is 4.74 Å². The smallest absolute Gasteiger partial charge is 0.411 e. The molecule has 1 amide bonds. The number of piperazine rings is 1. The number of carbonyl (C=O) groups excluding carboxylic acids is 1. The number of rotatable bonds is 7. The zero-order valence-corrected chi connectivity index (χ0v) is 20.7. The third kappa shape index (κ3) is 6.01. The first-order valence-corrected chi connectivity index (χ1v) is 12.5. The van der Waals surface area contributed by atoms with E-state index in [2.05, 4.69) is 56.5 Å². The Morgan fingerprint density at radius 2 is 1.67 bits per heavy atom. The highest BCUT2D eigenvalue weighted by Gasteiger charge is 2.19. The van der Waals surface area contributed by atoms with Crippen molar-refractivity contribution in [2.75, 3.05) is 42.9 Å². The van der Waals surface area contributed by atoms with E-state index in [0.29, 0.717) is 0 Å². The highest BCUT2D eigenvalue weighted by Crippen LogP contribution is 2.27. The lowest BCUT2D eigenvalue weighted by atomic mass is 10.1. The highest BCUT2D eigenvalue weighted by molar-refractivity contribution is 5.92. The van der Waals surface area contributed by atoms with Crippen LogP contribution in [-0.4, -0.2) is 48.7 Å². The number of aryl methyl sites for hydroxylation is 1. The standard InChI is InChI=1S/C30H32N4O2/c1-23-13-14-27-28(31-23)11-6-12-29(27)34-19-17-33(18-20-34)16-15-24-9-5-10-26(21-24)32-30(35)36-22-25-7-3-2-4-8-25/h2-14,21H,15-20,22H2,1H3,(H,32,35). The van der Waals surface area contributed by atoms with Gasteiger partial charge in [-0.25, -0.2) is 4.79 Å². The summed E-state index contributed by atoms with van der Waals surface area (Å²) in [6.07, 6.45) is 0.498. The van der Waals surface area contributed by atoms with E-state index in [1.807, 2.05) is 55.5 Å². The highest BCUT2D eigenvalue weighted by atomic mass is 16.5. The molecule has 6 heteroatoms. The van der Waals surface area contributed by atoms with Gasteiger partial charge in [-0.05, 0) is 60.9 Å². The van der Waals surface area contributed by atoms with Crippen molar-refractivity contribution in [3.63, 3.8) is 0 Å². The van der Waals surface area contributed by atoms with Crippen LogP contribution in [0.5, 0.6) is 0 Å². The molecule has 0 saturated carbocycles. The SMILES string of the molecule is Cc1ccc2c(N3CCN(CCc4cccc(NC(=O)OCc5ccccc5)c4)CC3)cccc2n1. The summed E-state index contributed by atoms with van der Waals surface area (Å²) in [5.74, 6) is 0. The summed E-state index contributed by atoms with van der Waals surface area (Å²) in [5, 5.41) is 4.07. The summed E-state index contributed by atoms with van der Waals surface area (Å²) in [6, 6.07) is 28.4. The molecule has 0 bridgehead atoms. The molecule has 0 spiro atoms. The molecular formula is C30H32N4O2. The minimum atomic E-state index is -0.439. The first kappa shape index (κ1) is 23.8. The van der Waals surface area contributed by atoms with E-state index in [1.165, 1.54) is 16.6 Å². The first-order valence-electron chi connectivity index (χ1n) is 12.5. The number of anilines is 2. The minimum Gasteiger partial charge on any atom is -0.444 e. The molecule has 2 heterocycles. The molecule has 36 heavy (non-hydrogen) atoms. The molecule has 184 valence electrons. The number of nitrogens with zero attached hydrogens (tertiary/aromatic N) is 3. The first-order chi connectivity index (χ1) is 17.6. The van der Waals surface area contributed by atoms with E-state index in [1.54, 1.807) is 0 Å². The maximum atomic E-state index is 12.2. The Bertz CT molecular complexity index is 1320. The number of nitrogens with one attached hydrogen (secondary N) is 1. The van der Waals surface area contributed by atoms with Crippen molar-refractivity contribution in [1.82, 2.24) is 9.88 Å². The van der Waals surface area contributed by atoms with Crippen molar-refractivity contribution in [1.29, 1.82) is 0 Å². The monoisotopic (exact) mass is 480 g/mol. The number of fused-ring (bicyclic) bond motifs is 1. The molecule has 0 aliphatic carbocycles. The summed E-state index contributed by atoms with van der Waals surface area (Å²) in [7, 11) is 0. The summed E-state index contributed by atoms with van der Waals surface area (Å²) >= 11 is 0. The van der Waals surface area contributed by atoms with E-state index in [-0.39, 0.29) is 6.61 Å². The lowest BCUT2D eigenvalue weighted by molar-refractivity contribution is 0.155. The van der Waals surface area contributed by atoms with Crippen LogP contribution in [0.3, 0.4) is 0 Å². The number of carbonyl (C=O) groups is 1. The van der Waals surface area contributed by atoms with Crippen molar-refractivity contribution < 1.29 is 9.53 Å². The van der Waals surface area contributed by atoms with Gasteiger partial charge in [-0.15, -0.1) is 0 Å². The van der Waals surface area contributed by atoms with E-state index in [9.17, 15) is 4.79 Å². The van der Waals surface area contributed by atoms with Gasteiger partial charge in [0.25, 0.3) is 0 Å². The lowest BCUT2D eigenvalue weighted by Crippen LogP contribution is -2.47. The third-order valence-electron chi connectivity index (χ3n) is 6.66. The molecule has 5 rings (SSSR count). The molecule has 1 fully saturated rings. The Labute approximate surface area is 212 Å². The number of hydrogen-bond donors (Lipinski definition) is 1. The van der Waals surface area contributed by atoms with Gasteiger partial charge in [0.2, 0.25) is 0 Å². The lowest BCUT2D eigenvalue weighted by Gasteiger charge is -2.36. The molecule has 1 aromatic heterocycles. The van der Waals surface area contributed by atoms with Gasteiger partial charge in [0.15, 0.2) is 0 Å². The van der Waals surface area contributed by atoms with Crippen molar-refractivity contribution in [2.24, 2.45) is 0 Å². The van der Waals surface area contributed by atoms with Gasteiger partial charge >= 0.3 is 6.09 Å². The van der Waals surface area contributed by atoms with Crippen LogP contribution in [0.1, 0.15) is 16.8 Å². The van der Waals surface area contributed by atoms with Crippen LogP contribution in [0.2, 0.25) is 0 Å². The second-order valence-corrected chi connectivity index (χ2v) is 9.26. The quantitative estimate of drug-likeness (QED) is 0.370. The zero-order valence-electron chi connectivity index (χ0n) is 20.7. The van der Waals surface area contributed by atoms with Crippen molar-refractivity contribution in [2.45, 2.75) is 20.0 Å². The van der Waals surface area contributed by atoms with Crippen LogP contribution in [0.15, 0.2) is 84.9 Å². The van der Waals surface area contributed by atoms with Crippen molar-refractivity contribution >= 4 is 28.4 Å². The van der Waals surface area contributed by atoms with E-state index >= 15 is 0 Å². The second kappa shape index (κ2) is 11.2. The normalized spacial score (nSPS) is 14.1. The Morgan fingerprint density at radius 3 is 2.50 bits per heavy atom. The molecule has 3 aromatic carbocycles. The molecule has 0 radical (unpaired) electrons. The van der Waals surface area contributed by atoms with Gasteiger partial charge in [0, 0.05) is 55.2 Å². The number of aromatic nitrogens is 1. The van der Waals surface area contributed by atoms with Crippen LogP contribution >= 0.6 is 0 Å². The third-order valence-corrected chi connectivity index (χ3v) is 6.66. The number of amides is 1. The summed E-state index contributed by atoms with van der Waals surface area (Å²) < 4.78 is 5.34. The second-order valence-electron chi connectivity index (χ2n) is 9.26. The predicted molar refractivity (Wildman–Crippen MR) is 146 cm³/mol. The van der Waals surface area contributed by atoms with Gasteiger partial charge < -0.3 is 9.64 Å².